The Morgan fingerprint density at radius 2 is 2.19 bits per heavy atom. The molecule has 0 spiro atoms. The van der Waals surface area contributed by atoms with Crippen LogP contribution >= 0.6 is 0 Å². The Balaban J connectivity index is 2.10. The predicted octanol–water partition coefficient (Wildman–Crippen LogP) is 2.32. The fraction of sp³-hybridized carbons (Fsp3) is 0.400. The van der Waals surface area contributed by atoms with Crippen molar-refractivity contribution in [2.45, 2.75) is 18.9 Å². The molecule has 0 bridgehead atoms. The molecule has 6 nitrogen and oxygen atoms in total. The molecule has 1 unspecified atom stereocenters. The van der Waals surface area contributed by atoms with Crippen molar-refractivity contribution in [3.63, 3.8) is 0 Å². The van der Waals surface area contributed by atoms with Gasteiger partial charge >= 0.3 is 0 Å². The Bertz CT molecular complexity index is 684. The van der Waals surface area contributed by atoms with Crippen molar-refractivity contribution >= 4 is 22.1 Å². The maximum atomic E-state index is 11.2. The molecule has 21 heavy (non-hydrogen) atoms. The van der Waals surface area contributed by atoms with E-state index in [2.05, 4.69) is 9.88 Å². The molecule has 1 heterocycles. The van der Waals surface area contributed by atoms with Gasteiger partial charge in [0.2, 0.25) is 0 Å². The molecule has 1 aromatic carbocycles. The first-order valence-corrected chi connectivity index (χ1v) is 7.07. The molecule has 1 fully saturated rings. The first-order valence-electron chi connectivity index (χ1n) is 7.07. The van der Waals surface area contributed by atoms with E-state index < -0.39 is 0 Å². The van der Waals surface area contributed by atoms with Gasteiger partial charge in [0.1, 0.15) is 0 Å². The van der Waals surface area contributed by atoms with Gasteiger partial charge in [-0.15, -0.1) is 0 Å². The zero-order chi connectivity index (χ0) is 15.0. The number of nitro benzene ring substituents is 1. The summed E-state index contributed by atoms with van der Waals surface area (Å²) in [6, 6.07) is 5.33. The Morgan fingerprint density at radius 1 is 1.43 bits per heavy atom. The van der Waals surface area contributed by atoms with Crippen LogP contribution in [0, 0.1) is 16.0 Å². The Hall–Kier alpha value is -2.21. The fourth-order valence-electron chi connectivity index (χ4n) is 2.95. The number of nitrogens with zero attached hydrogens (tertiary/aromatic N) is 3. The smallest absolute Gasteiger partial charge is 0.277 e. The van der Waals surface area contributed by atoms with Crippen LogP contribution in [0.4, 0.5) is 11.4 Å². The summed E-state index contributed by atoms with van der Waals surface area (Å²) in [7, 11) is 2.00. The van der Waals surface area contributed by atoms with E-state index in [1.54, 1.807) is 30.6 Å². The predicted molar refractivity (Wildman–Crippen MR) is 82.4 cm³/mol. The van der Waals surface area contributed by atoms with Gasteiger partial charge in [-0.3, -0.25) is 15.1 Å². The summed E-state index contributed by atoms with van der Waals surface area (Å²) in [5, 5.41) is 12.6. The molecule has 0 amide bonds. The van der Waals surface area contributed by atoms with Gasteiger partial charge in [0.05, 0.1) is 10.3 Å². The highest BCUT2D eigenvalue weighted by Gasteiger charge is 2.33. The second-order valence-electron chi connectivity index (χ2n) is 5.53. The molecule has 0 aliphatic heterocycles. The highest BCUT2D eigenvalue weighted by atomic mass is 16.6. The third-order valence-electron chi connectivity index (χ3n) is 4.25. The molecular weight excluding hydrogens is 268 g/mol. The molecule has 2 N–H and O–H groups in total. The molecule has 110 valence electrons. The van der Waals surface area contributed by atoms with Crippen molar-refractivity contribution < 1.29 is 4.92 Å². The number of benzene rings is 1. The summed E-state index contributed by atoms with van der Waals surface area (Å²) in [5.74, 6) is 0.627. The number of aromatic nitrogens is 1. The van der Waals surface area contributed by atoms with Crippen molar-refractivity contribution in [2.24, 2.45) is 11.7 Å². The fourth-order valence-corrected chi connectivity index (χ4v) is 2.95. The van der Waals surface area contributed by atoms with Gasteiger partial charge in [0, 0.05) is 49.2 Å². The van der Waals surface area contributed by atoms with Crippen LogP contribution in [0.5, 0.6) is 0 Å². The standard InChI is InChI=1S/C15H18N4O2/c1-18(15(8-16)10-2-3-10)13-4-5-14(19(20)21)11-6-7-17-9-12(11)13/h4-7,9-10,15H,2-3,8,16H2,1H3. The molecule has 6 heteroatoms. The lowest BCUT2D eigenvalue weighted by molar-refractivity contribution is -0.383. The van der Waals surface area contributed by atoms with E-state index in [1.165, 1.54) is 12.8 Å². The minimum atomic E-state index is -0.354. The lowest BCUT2D eigenvalue weighted by atomic mass is 10.1. The van der Waals surface area contributed by atoms with Gasteiger partial charge in [-0.2, -0.15) is 0 Å². The third-order valence-corrected chi connectivity index (χ3v) is 4.25. The average molecular weight is 286 g/mol. The first-order chi connectivity index (χ1) is 10.1. The number of nitro groups is 1. The number of likely N-dealkylation sites (N-methyl/N-ethyl adjacent to an activating group) is 1. The van der Waals surface area contributed by atoms with E-state index >= 15 is 0 Å². The number of hydrogen-bond donors (Lipinski definition) is 1. The number of pyridine rings is 1. The zero-order valence-corrected chi connectivity index (χ0v) is 11.9. The number of anilines is 1. The normalized spacial score (nSPS) is 15.9. The van der Waals surface area contributed by atoms with Crippen molar-refractivity contribution in [2.75, 3.05) is 18.5 Å². The molecule has 1 aliphatic rings. The van der Waals surface area contributed by atoms with Gasteiger partial charge in [0.15, 0.2) is 0 Å². The van der Waals surface area contributed by atoms with Crippen molar-refractivity contribution in [3.05, 3.63) is 40.7 Å². The lowest BCUT2D eigenvalue weighted by Gasteiger charge is -2.30. The molecule has 0 saturated heterocycles. The Kier molecular flexibility index (Phi) is 3.47. The van der Waals surface area contributed by atoms with E-state index in [1.807, 2.05) is 7.05 Å². The SMILES string of the molecule is CN(c1ccc([N+](=O)[O-])c2ccncc12)C(CN)C1CC1. The van der Waals surface area contributed by atoms with Crippen LogP contribution in [0.3, 0.4) is 0 Å². The quantitative estimate of drug-likeness (QED) is 0.673. The van der Waals surface area contributed by atoms with Gasteiger partial charge in [0.25, 0.3) is 5.69 Å². The van der Waals surface area contributed by atoms with E-state index in [-0.39, 0.29) is 16.7 Å². The molecule has 1 aliphatic carbocycles. The molecule has 0 radical (unpaired) electrons. The Morgan fingerprint density at radius 3 is 2.81 bits per heavy atom. The second-order valence-corrected chi connectivity index (χ2v) is 5.53. The van der Waals surface area contributed by atoms with Crippen LogP contribution in [0.25, 0.3) is 10.8 Å². The monoisotopic (exact) mass is 286 g/mol. The van der Waals surface area contributed by atoms with Crippen LogP contribution in [0.2, 0.25) is 0 Å². The second kappa shape index (κ2) is 5.29. The van der Waals surface area contributed by atoms with Gasteiger partial charge < -0.3 is 10.6 Å². The number of fused-ring (bicyclic) bond motifs is 1. The zero-order valence-electron chi connectivity index (χ0n) is 11.9. The Labute approximate surface area is 122 Å². The number of non-ortho nitro benzene ring substituents is 1. The minimum Gasteiger partial charge on any atom is -0.370 e. The van der Waals surface area contributed by atoms with Crippen LogP contribution in [0.15, 0.2) is 30.6 Å². The van der Waals surface area contributed by atoms with Gasteiger partial charge in [-0.05, 0) is 30.9 Å². The maximum Gasteiger partial charge on any atom is 0.277 e. The molecule has 3 rings (SSSR count). The van der Waals surface area contributed by atoms with Crippen molar-refractivity contribution in [1.82, 2.24) is 4.98 Å². The average Bonchev–Trinajstić information content (AvgIpc) is 3.31. The van der Waals surface area contributed by atoms with E-state index in [0.29, 0.717) is 17.8 Å². The highest BCUT2D eigenvalue weighted by molar-refractivity contribution is 5.99. The van der Waals surface area contributed by atoms with E-state index in [4.69, 9.17) is 5.73 Å². The molecule has 1 aromatic heterocycles. The van der Waals surface area contributed by atoms with E-state index in [0.717, 1.165) is 11.1 Å². The summed E-state index contributed by atoms with van der Waals surface area (Å²) < 4.78 is 0. The summed E-state index contributed by atoms with van der Waals surface area (Å²) in [6.45, 7) is 0.583. The summed E-state index contributed by atoms with van der Waals surface area (Å²) >= 11 is 0. The minimum absolute atomic E-state index is 0.111. The first kappa shape index (κ1) is 13.8. The lowest BCUT2D eigenvalue weighted by Crippen LogP contribution is -2.39. The molecule has 1 saturated carbocycles. The third kappa shape index (κ3) is 2.42. The van der Waals surface area contributed by atoms with Crippen LogP contribution in [-0.2, 0) is 0 Å². The van der Waals surface area contributed by atoms with Gasteiger partial charge in [-0.25, -0.2) is 0 Å². The maximum absolute atomic E-state index is 11.2. The van der Waals surface area contributed by atoms with Crippen LogP contribution in [0.1, 0.15) is 12.8 Å². The summed E-state index contributed by atoms with van der Waals surface area (Å²) in [5.41, 5.74) is 6.97. The highest BCUT2D eigenvalue weighted by Crippen LogP contribution is 2.39. The van der Waals surface area contributed by atoms with E-state index in [9.17, 15) is 10.1 Å². The van der Waals surface area contributed by atoms with Crippen LogP contribution in [-0.4, -0.2) is 29.5 Å². The van der Waals surface area contributed by atoms with Gasteiger partial charge in [-0.1, -0.05) is 0 Å². The summed E-state index contributed by atoms with van der Waals surface area (Å²) in [6.07, 6.45) is 5.68. The number of nitrogens with two attached hydrogens (primary N) is 1. The molecular formula is C15H18N4O2. The number of rotatable bonds is 5. The number of hydrogen-bond acceptors (Lipinski definition) is 5. The summed E-state index contributed by atoms with van der Waals surface area (Å²) in [4.78, 5) is 17.1. The van der Waals surface area contributed by atoms with Crippen molar-refractivity contribution in [3.8, 4) is 0 Å². The van der Waals surface area contributed by atoms with Crippen LogP contribution < -0.4 is 10.6 Å². The molecule has 2 aromatic rings. The topological polar surface area (TPSA) is 85.3 Å². The molecule has 1 atom stereocenters. The largest absolute Gasteiger partial charge is 0.370 e. The van der Waals surface area contributed by atoms with Crippen molar-refractivity contribution in [1.29, 1.82) is 0 Å².